The number of hydrogen-bond donors (Lipinski definition) is 1. The summed E-state index contributed by atoms with van der Waals surface area (Å²) in [6, 6.07) is 8.81. The first-order chi connectivity index (χ1) is 7.75. The Kier molecular flexibility index (Phi) is 2.13. The molecule has 1 N–H and O–H groups in total. The predicted octanol–water partition coefficient (Wildman–Crippen LogP) is 1.91. The smallest absolute Gasteiger partial charge is 0.308 e. The first-order valence-electron chi connectivity index (χ1n) is 5.83. The maximum Gasteiger partial charge on any atom is 0.308 e. The molecule has 3 rings (SSSR count). The van der Waals surface area contributed by atoms with Crippen LogP contribution in [0, 0.1) is 5.92 Å². The number of rotatable bonds is 1. The molecule has 2 heterocycles. The Morgan fingerprint density at radius 1 is 1.38 bits per heavy atom. The van der Waals surface area contributed by atoms with Gasteiger partial charge in [0.2, 0.25) is 0 Å². The number of aryl methyl sites for hydroxylation is 1. The fourth-order valence-corrected chi connectivity index (χ4v) is 2.99. The van der Waals surface area contributed by atoms with Crippen molar-refractivity contribution in [1.29, 1.82) is 0 Å². The van der Waals surface area contributed by atoms with Gasteiger partial charge in [-0.25, -0.2) is 0 Å². The second-order valence-corrected chi connectivity index (χ2v) is 4.74. The number of carbonyl (C=O) groups is 1. The van der Waals surface area contributed by atoms with Gasteiger partial charge in [-0.2, -0.15) is 0 Å². The van der Waals surface area contributed by atoms with Crippen molar-refractivity contribution < 1.29 is 9.90 Å². The van der Waals surface area contributed by atoms with Crippen LogP contribution in [-0.4, -0.2) is 23.7 Å². The molecule has 0 saturated carbocycles. The number of aliphatic carboxylic acids is 1. The van der Waals surface area contributed by atoms with E-state index in [-0.39, 0.29) is 5.92 Å². The van der Waals surface area contributed by atoms with E-state index in [4.69, 9.17) is 5.11 Å². The van der Waals surface area contributed by atoms with E-state index in [1.807, 2.05) is 6.07 Å². The molecule has 0 radical (unpaired) electrons. The lowest BCUT2D eigenvalue weighted by Crippen LogP contribution is -2.34. The van der Waals surface area contributed by atoms with Gasteiger partial charge in [-0.3, -0.25) is 4.79 Å². The van der Waals surface area contributed by atoms with Gasteiger partial charge in [0.15, 0.2) is 0 Å². The van der Waals surface area contributed by atoms with Crippen LogP contribution in [0.5, 0.6) is 0 Å². The normalized spacial score (nSPS) is 27.4. The lowest BCUT2D eigenvalue weighted by molar-refractivity contribution is -0.141. The van der Waals surface area contributed by atoms with E-state index < -0.39 is 5.97 Å². The number of anilines is 1. The predicted molar refractivity (Wildman–Crippen MR) is 61.6 cm³/mol. The van der Waals surface area contributed by atoms with Gasteiger partial charge in [0.25, 0.3) is 0 Å². The van der Waals surface area contributed by atoms with Crippen LogP contribution >= 0.6 is 0 Å². The van der Waals surface area contributed by atoms with Gasteiger partial charge in [0, 0.05) is 18.3 Å². The zero-order chi connectivity index (χ0) is 11.1. The largest absolute Gasteiger partial charge is 0.481 e. The summed E-state index contributed by atoms with van der Waals surface area (Å²) in [6.07, 6.45) is 2.99. The van der Waals surface area contributed by atoms with Gasteiger partial charge in [0.05, 0.1) is 5.92 Å². The molecule has 1 fully saturated rings. The quantitative estimate of drug-likeness (QED) is 0.781. The van der Waals surface area contributed by atoms with Gasteiger partial charge < -0.3 is 10.0 Å². The summed E-state index contributed by atoms with van der Waals surface area (Å²) in [7, 11) is 0. The van der Waals surface area contributed by atoms with Crippen molar-refractivity contribution in [3.8, 4) is 0 Å². The Labute approximate surface area is 94.7 Å². The number of carboxylic acids is 1. The highest BCUT2D eigenvalue weighted by Gasteiger charge is 2.38. The minimum Gasteiger partial charge on any atom is -0.481 e. The number of benzene rings is 1. The zero-order valence-corrected chi connectivity index (χ0v) is 9.10. The van der Waals surface area contributed by atoms with Crippen molar-refractivity contribution in [2.45, 2.75) is 25.3 Å². The Morgan fingerprint density at radius 2 is 2.19 bits per heavy atom. The average Bonchev–Trinajstić information content (AvgIpc) is 2.73. The lowest BCUT2D eigenvalue weighted by atomic mass is 9.95. The van der Waals surface area contributed by atoms with Crippen LogP contribution in [0.3, 0.4) is 0 Å². The summed E-state index contributed by atoms with van der Waals surface area (Å²) in [5.74, 6) is -0.831. The molecule has 1 aromatic carbocycles. The van der Waals surface area contributed by atoms with Crippen LogP contribution in [0.2, 0.25) is 0 Å². The SMILES string of the molecule is O=C(O)C1CC2CCc3ccccc3N2C1. The van der Waals surface area contributed by atoms with Crippen LogP contribution in [0.4, 0.5) is 5.69 Å². The average molecular weight is 217 g/mol. The number of carboxylic acid groups (broad SMARTS) is 1. The summed E-state index contributed by atoms with van der Waals surface area (Å²) in [5, 5.41) is 9.08. The van der Waals surface area contributed by atoms with Crippen molar-refractivity contribution in [2.75, 3.05) is 11.4 Å². The third-order valence-electron chi connectivity index (χ3n) is 3.81. The summed E-state index contributed by atoms with van der Waals surface area (Å²) < 4.78 is 0. The van der Waals surface area contributed by atoms with Gasteiger partial charge in [0.1, 0.15) is 0 Å². The molecule has 16 heavy (non-hydrogen) atoms. The fourth-order valence-electron chi connectivity index (χ4n) is 2.99. The molecule has 0 aliphatic carbocycles. The minimum atomic E-state index is -0.646. The van der Waals surface area contributed by atoms with Gasteiger partial charge in [-0.05, 0) is 30.9 Å². The highest BCUT2D eigenvalue weighted by atomic mass is 16.4. The molecule has 0 aromatic heterocycles. The Morgan fingerprint density at radius 3 is 3.00 bits per heavy atom. The first-order valence-corrected chi connectivity index (χ1v) is 5.83. The van der Waals surface area contributed by atoms with Gasteiger partial charge in [-0.1, -0.05) is 18.2 Å². The molecule has 2 aliphatic rings. The second kappa shape index (κ2) is 3.51. The van der Waals surface area contributed by atoms with Crippen molar-refractivity contribution >= 4 is 11.7 Å². The standard InChI is InChI=1S/C13H15NO2/c15-13(16)10-7-11-6-5-9-3-1-2-4-12(9)14(11)8-10/h1-4,10-11H,5-8H2,(H,15,16). The minimum absolute atomic E-state index is 0.184. The Hall–Kier alpha value is -1.51. The van der Waals surface area contributed by atoms with E-state index in [0.29, 0.717) is 12.6 Å². The number of hydrogen-bond acceptors (Lipinski definition) is 2. The third-order valence-corrected chi connectivity index (χ3v) is 3.81. The van der Waals surface area contributed by atoms with E-state index in [9.17, 15) is 4.79 Å². The van der Waals surface area contributed by atoms with Crippen molar-refractivity contribution in [1.82, 2.24) is 0 Å². The van der Waals surface area contributed by atoms with Crippen LogP contribution in [-0.2, 0) is 11.2 Å². The molecule has 84 valence electrons. The molecule has 0 bridgehead atoms. The molecule has 0 spiro atoms. The maximum atomic E-state index is 11.0. The first kappa shape index (κ1) is 9.70. The maximum absolute atomic E-state index is 11.0. The van der Waals surface area contributed by atoms with E-state index in [1.165, 1.54) is 11.3 Å². The van der Waals surface area contributed by atoms with E-state index in [0.717, 1.165) is 19.3 Å². The summed E-state index contributed by atoms with van der Waals surface area (Å²) in [5.41, 5.74) is 2.62. The second-order valence-electron chi connectivity index (χ2n) is 4.74. The lowest BCUT2D eigenvalue weighted by Gasteiger charge is -2.33. The van der Waals surface area contributed by atoms with E-state index in [1.54, 1.807) is 0 Å². The molecular weight excluding hydrogens is 202 g/mol. The van der Waals surface area contributed by atoms with Gasteiger partial charge in [-0.15, -0.1) is 0 Å². The molecule has 1 saturated heterocycles. The third kappa shape index (κ3) is 1.39. The zero-order valence-electron chi connectivity index (χ0n) is 9.10. The summed E-state index contributed by atoms with van der Waals surface area (Å²) in [6.45, 7) is 0.678. The highest BCUT2D eigenvalue weighted by Crippen LogP contribution is 2.37. The van der Waals surface area contributed by atoms with Gasteiger partial charge >= 0.3 is 5.97 Å². The van der Waals surface area contributed by atoms with Crippen LogP contribution in [0.25, 0.3) is 0 Å². The Balaban J connectivity index is 1.93. The number of nitrogens with zero attached hydrogens (tertiary/aromatic N) is 1. The molecule has 2 atom stereocenters. The Bertz CT molecular complexity index is 430. The van der Waals surface area contributed by atoms with Crippen molar-refractivity contribution in [3.05, 3.63) is 29.8 Å². The van der Waals surface area contributed by atoms with Crippen LogP contribution in [0.1, 0.15) is 18.4 Å². The molecule has 2 aliphatic heterocycles. The highest BCUT2D eigenvalue weighted by molar-refractivity contribution is 5.73. The van der Waals surface area contributed by atoms with Crippen molar-refractivity contribution in [3.63, 3.8) is 0 Å². The van der Waals surface area contributed by atoms with Crippen LogP contribution < -0.4 is 4.90 Å². The number of para-hydroxylation sites is 1. The fraction of sp³-hybridized carbons (Fsp3) is 0.462. The molecule has 2 unspecified atom stereocenters. The van der Waals surface area contributed by atoms with E-state index >= 15 is 0 Å². The molecule has 1 aromatic rings. The van der Waals surface area contributed by atoms with Crippen LogP contribution in [0.15, 0.2) is 24.3 Å². The summed E-state index contributed by atoms with van der Waals surface area (Å²) in [4.78, 5) is 13.3. The monoisotopic (exact) mass is 217 g/mol. The van der Waals surface area contributed by atoms with Crippen molar-refractivity contribution in [2.24, 2.45) is 5.92 Å². The van der Waals surface area contributed by atoms with E-state index in [2.05, 4.69) is 23.1 Å². The molecule has 3 heteroatoms. The molecular formula is C13H15NO2. The topological polar surface area (TPSA) is 40.5 Å². The molecule has 0 amide bonds. The molecule has 3 nitrogen and oxygen atoms in total. The summed E-state index contributed by atoms with van der Waals surface area (Å²) >= 11 is 0. The number of fused-ring (bicyclic) bond motifs is 3.